The molecular formula is C11H8N2O2S. The SMILES string of the molecule is O=C(O)c1ncccc1Sc1ccncc1. The maximum absolute atomic E-state index is 10.9. The third-order valence-electron chi connectivity index (χ3n) is 1.85. The largest absolute Gasteiger partial charge is 0.476 e. The average Bonchev–Trinajstić information content (AvgIpc) is 2.31. The summed E-state index contributed by atoms with van der Waals surface area (Å²) < 4.78 is 0. The van der Waals surface area contributed by atoms with Crippen molar-refractivity contribution in [2.45, 2.75) is 9.79 Å². The molecule has 0 unspecified atom stereocenters. The lowest BCUT2D eigenvalue weighted by Crippen LogP contribution is -2.01. The summed E-state index contributed by atoms with van der Waals surface area (Å²) in [5.41, 5.74) is 0.0734. The number of carbonyl (C=O) groups is 1. The Morgan fingerprint density at radius 1 is 1.19 bits per heavy atom. The van der Waals surface area contributed by atoms with Crippen LogP contribution in [0.2, 0.25) is 0 Å². The molecule has 16 heavy (non-hydrogen) atoms. The van der Waals surface area contributed by atoms with Crippen LogP contribution in [-0.2, 0) is 0 Å². The summed E-state index contributed by atoms with van der Waals surface area (Å²) in [5.74, 6) is -1.02. The number of carboxylic acid groups (broad SMARTS) is 1. The molecule has 0 aliphatic rings. The van der Waals surface area contributed by atoms with Gasteiger partial charge < -0.3 is 5.11 Å². The molecule has 2 aromatic heterocycles. The molecule has 4 nitrogen and oxygen atoms in total. The van der Waals surface area contributed by atoms with Crippen LogP contribution in [0.5, 0.6) is 0 Å². The first-order valence-corrected chi connectivity index (χ1v) is 5.35. The minimum atomic E-state index is -1.02. The molecule has 0 saturated carbocycles. The zero-order chi connectivity index (χ0) is 11.4. The number of aromatic nitrogens is 2. The number of pyridine rings is 2. The minimum Gasteiger partial charge on any atom is -0.476 e. The topological polar surface area (TPSA) is 63.1 Å². The first kappa shape index (κ1) is 10.6. The molecule has 0 aromatic carbocycles. The van der Waals surface area contributed by atoms with E-state index in [1.54, 1.807) is 24.5 Å². The van der Waals surface area contributed by atoms with Crippen molar-refractivity contribution in [3.05, 3.63) is 48.5 Å². The number of carboxylic acids is 1. The van der Waals surface area contributed by atoms with Crippen LogP contribution in [0.3, 0.4) is 0 Å². The number of hydrogen-bond donors (Lipinski definition) is 1. The van der Waals surface area contributed by atoms with E-state index in [0.717, 1.165) is 4.90 Å². The van der Waals surface area contributed by atoms with Crippen LogP contribution >= 0.6 is 11.8 Å². The summed E-state index contributed by atoms with van der Waals surface area (Å²) in [4.78, 5) is 20.2. The lowest BCUT2D eigenvalue weighted by Gasteiger charge is -2.03. The average molecular weight is 232 g/mol. The minimum absolute atomic E-state index is 0.0734. The normalized spacial score (nSPS) is 10.0. The van der Waals surface area contributed by atoms with Crippen molar-refractivity contribution in [3.8, 4) is 0 Å². The number of hydrogen-bond acceptors (Lipinski definition) is 4. The van der Waals surface area contributed by atoms with E-state index in [9.17, 15) is 4.79 Å². The summed E-state index contributed by atoms with van der Waals surface area (Å²) >= 11 is 1.36. The second kappa shape index (κ2) is 4.76. The third-order valence-corrected chi connectivity index (χ3v) is 2.91. The fourth-order valence-electron chi connectivity index (χ4n) is 1.17. The highest BCUT2D eigenvalue weighted by molar-refractivity contribution is 7.99. The first-order valence-electron chi connectivity index (χ1n) is 4.53. The molecule has 0 atom stereocenters. The molecule has 0 spiro atoms. The van der Waals surface area contributed by atoms with E-state index in [1.807, 2.05) is 12.1 Å². The molecule has 0 radical (unpaired) electrons. The van der Waals surface area contributed by atoms with Crippen molar-refractivity contribution in [2.24, 2.45) is 0 Å². The molecule has 80 valence electrons. The van der Waals surface area contributed by atoms with E-state index >= 15 is 0 Å². The van der Waals surface area contributed by atoms with Gasteiger partial charge in [-0.1, -0.05) is 11.8 Å². The van der Waals surface area contributed by atoms with Crippen molar-refractivity contribution in [2.75, 3.05) is 0 Å². The van der Waals surface area contributed by atoms with E-state index in [0.29, 0.717) is 4.90 Å². The lowest BCUT2D eigenvalue weighted by molar-refractivity contribution is 0.0686. The van der Waals surface area contributed by atoms with Gasteiger partial charge in [-0.25, -0.2) is 9.78 Å². The Kier molecular flexibility index (Phi) is 3.16. The number of rotatable bonds is 3. The Bertz CT molecular complexity index is 502. The molecular weight excluding hydrogens is 224 g/mol. The molecule has 2 aromatic rings. The highest BCUT2D eigenvalue weighted by Crippen LogP contribution is 2.28. The van der Waals surface area contributed by atoms with Crippen LogP contribution in [0.4, 0.5) is 0 Å². The predicted octanol–water partition coefficient (Wildman–Crippen LogP) is 2.33. The molecule has 0 fully saturated rings. The van der Waals surface area contributed by atoms with Crippen LogP contribution in [-0.4, -0.2) is 21.0 Å². The van der Waals surface area contributed by atoms with Crippen molar-refractivity contribution < 1.29 is 9.90 Å². The van der Waals surface area contributed by atoms with Crippen molar-refractivity contribution in [3.63, 3.8) is 0 Å². The molecule has 1 N–H and O–H groups in total. The monoisotopic (exact) mass is 232 g/mol. The van der Waals surface area contributed by atoms with E-state index in [-0.39, 0.29) is 5.69 Å². The van der Waals surface area contributed by atoms with Gasteiger partial charge in [-0.05, 0) is 24.3 Å². The Hall–Kier alpha value is -1.88. The summed E-state index contributed by atoms with van der Waals surface area (Å²) in [6, 6.07) is 7.10. The first-order chi connectivity index (χ1) is 7.77. The fourth-order valence-corrected chi connectivity index (χ4v) is 2.06. The molecule has 0 bridgehead atoms. The summed E-state index contributed by atoms with van der Waals surface area (Å²) in [5, 5.41) is 8.96. The van der Waals surface area contributed by atoms with Crippen molar-refractivity contribution in [1.82, 2.24) is 9.97 Å². The molecule has 5 heteroatoms. The van der Waals surface area contributed by atoms with E-state index < -0.39 is 5.97 Å². The second-order valence-electron chi connectivity index (χ2n) is 2.94. The van der Waals surface area contributed by atoms with Gasteiger partial charge in [0.15, 0.2) is 5.69 Å². The highest BCUT2D eigenvalue weighted by Gasteiger charge is 2.11. The summed E-state index contributed by atoms with van der Waals surface area (Å²) in [6.07, 6.45) is 4.80. The van der Waals surface area contributed by atoms with Crippen LogP contribution in [0.25, 0.3) is 0 Å². The molecule has 2 rings (SSSR count). The predicted molar refractivity (Wildman–Crippen MR) is 59.6 cm³/mol. The summed E-state index contributed by atoms with van der Waals surface area (Å²) in [6.45, 7) is 0. The zero-order valence-electron chi connectivity index (χ0n) is 8.20. The highest BCUT2D eigenvalue weighted by atomic mass is 32.2. The van der Waals surface area contributed by atoms with Gasteiger partial charge in [0, 0.05) is 28.4 Å². The molecule has 0 aliphatic carbocycles. The standard InChI is InChI=1S/C11H8N2O2S/c14-11(15)10-9(2-1-5-13-10)16-8-3-6-12-7-4-8/h1-7H,(H,14,15). The molecule has 0 amide bonds. The fraction of sp³-hybridized carbons (Fsp3) is 0. The van der Waals surface area contributed by atoms with Crippen LogP contribution in [0, 0.1) is 0 Å². The lowest BCUT2D eigenvalue weighted by atomic mass is 10.3. The van der Waals surface area contributed by atoms with Gasteiger partial charge >= 0.3 is 5.97 Å². The van der Waals surface area contributed by atoms with Gasteiger partial charge in [0.2, 0.25) is 0 Å². The van der Waals surface area contributed by atoms with Gasteiger partial charge in [-0.15, -0.1) is 0 Å². The molecule has 0 saturated heterocycles. The van der Waals surface area contributed by atoms with Gasteiger partial charge in [0.1, 0.15) is 0 Å². The Morgan fingerprint density at radius 3 is 2.62 bits per heavy atom. The van der Waals surface area contributed by atoms with Crippen molar-refractivity contribution in [1.29, 1.82) is 0 Å². The number of aromatic carboxylic acids is 1. The Balaban J connectivity index is 2.31. The zero-order valence-corrected chi connectivity index (χ0v) is 9.02. The van der Waals surface area contributed by atoms with Gasteiger partial charge in [0.25, 0.3) is 0 Å². The van der Waals surface area contributed by atoms with Crippen LogP contribution in [0.15, 0.2) is 52.6 Å². The number of nitrogens with zero attached hydrogens (tertiary/aromatic N) is 2. The maximum atomic E-state index is 10.9. The van der Waals surface area contributed by atoms with Gasteiger partial charge in [-0.2, -0.15) is 0 Å². The van der Waals surface area contributed by atoms with Crippen LogP contribution < -0.4 is 0 Å². The van der Waals surface area contributed by atoms with Gasteiger partial charge in [0.05, 0.1) is 0 Å². The smallest absolute Gasteiger partial charge is 0.355 e. The Morgan fingerprint density at radius 2 is 1.94 bits per heavy atom. The maximum Gasteiger partial charge on any atom is 0.355 e. The summed E-state index contributed by atoms with van der Waals surface area (Å²) in [7, 11) is 0. The van der Waals surface area contributed by atoms with Crippen LogP contribution in [0.1, 0.15) is 10.5 Å². The van der Waals surface area contributed by atoms with E-state index in [1.165, 1.54) is 18.0 Å². The molecule has 0 aliphatic heterocycles. The van der Waals surface area contributed by atoms with E-state index in [4.69, 9.17) is 5.11 Å². The quantitative estimate of drug-likeness (QED) is 0.879. The Labute approximate surface area is 96.4 Å². The van der Waals surface area contributed by atoms with Gasteiger partial charge in [-0.3, -0.25) is 4.98 Å². The third kappa shape index (κ3) is 2.38. The van der Waals surface area contributed by atoms with Crippen molar-refractivity contribution >= 4 is 17.7 Å². The molecule has 2 heterocycles. The second-order valence-corrected chi connectivity index (χ2v) is 4.06. The van der Waals surface area contributed by atoms with E-state index in [2.05, 4.69) is 9.97 Å².